The second-order valence-electron chi connectivity index (χ2n) is 6.25. The van der Waals surface area contributed by atoms with Gasteiger partial charge in [0, 0.05) is 5.39 Å². The Morgan fingerprint density at radius 3 is 2.84 bits per heavy atom. The number of para-hydroxylation sites is 1. The Hall–Kier alpha value is -2.73. The Morgan fingerprint density at radius 1 is 1.20 bits per heavy atom. The summed E-state index contributed by atoms with van der Waals surface area (Å²) in [6, 6.07) is 10.0. The van der Waals surface area contributed by atoms with Crippen LogP contribution in [0.15, 0.2) is 34.9 Å². The van der Waals surface area contributed by atoms with E-state index in [-0.39, 0.29) is 12.3 Å². The minimum absolute atomic E-state index is 0.146. The van der Waals surface area contributed by atoms with Crippen LogP contribution in [-0.2, 0) is 11.2 Å². The van der Waals surface area contributed by atoms with E-state index in [2.05, 4.69) is 21.5 Å². The number of thiazole rings is 1. The zero-order valence-corrected chi connectivity index (χ0v) is 15.0. The molecular weight excluding hydrogens is 334 g/mol. The monoisotopic (exact) mass is 351 g/mol. The molecule has 0 atom stereocenters. The fourth-order valence-corrected chi connectivity index (χ4v) is 4.06. The van der Waals surface area contributed by atoms with Crippen LogP contribution < -0.4 is 5.32 Å². The van der Waals surface area contributed by atoms with Crippen molar-refractivity contribution in [2.45, 2.75) is 27.2 Å². The maximum atomic E-state index is 12.4. The normalized spacial score (nSPS) is 11.3. The summed E-state index contributed by atoms with van der Waals surface area (Å²) in [4.78, 5) is 17.0. The first-order valence-corrected chi connectivity index (χ1v) is 8.84. The number of benzene rings is 2. The lowest BCUT2D eigenvalue weighted by Gasteiger charge is -2.01. The van der Waals surface area contributed by atoms with Crippen molar-refractivity contribution in [3.63, 3.8) is 0 Å². The van der Waals surface area contributed by atoms with E-state index in [0.29, 0.717) is 10.8 Å². The average Bonchev–Trinajstić information content (AvgIpc) is 3.12. The summed E-state index contributed by atoms with van der Waals surface area (Å²) in [5.74, 6) is -0.146. The molecule has 2 aromatic carbocycles. The Balaban J connectivity index is 1.59. The standard InChI is InChI=1S/C19H17N3O2S/c1-10-7-12(3)17-13(22-24-14(17)8-10)9-16(23)20-19-21-18-11(2)5-4-6-15(18)25-19/h4-8H,9H2,1-3H3,(H,20,21,23). The quantitative estimate of drug-likeness (QED) is 0.588. The fourth-order valence-electron chi connectivity index (χ4n) is 3.10. The van der Waals surface area contributed by atoms with Crippen LogP contribution in [0.1, 0.15) is 22.4 Å². The zero-order chi connectivity index (χ0) is 17.6. The number of aromatic nitrogens is 2. The topological polar surface area (TPSA) is 68.0 Å². The van der Waals surface area contributed by atoms with Gasteiger partial charge in [-0.2, -0.15) is 0 Å². The molecule has 25 heavy (non-hydrogen) atoms. The molecule has 0 fully saturated rings. The van der Waals surface area contributed by atoms with Crippen molar-refractivity contribution >= 4 is 43.6 Å². The number of anilines is 1. The van der Waals surface area contributed by atoms with Gasteiger partial charge in [-0.1, -0.05) is 34.7 Å². The van der Waals surface area contributed by atoms with Crippen molar-refractivity contribution < 1.29 is 9.32 Å². The predicted octanol–water partition coefficient (Wildman–Crippen LogP) is 4.54. The predicted molar refractivity (Wildman–Crippen MR) is 100 cm³/mol. The van der Waals surface area contributed by atoms with Crippen molar-refractivity contribution in [2.24, 2.45) is 0 Å². The summed E-state index contributed by atoms with van der Waals surface area (Å²) < 4.78 is 6.45. The van der Waals surface area contributed by atoms with E-state index < -0.39 is 0 Å². The molecule has 4 rings (SSSR count). The van der Waals surface area contributed by atoms with Crippen LogP contribution in [0.5, 0.6) is 0 Å². The number of rotatable bonds is 3. The van der Waals surface area contributed by atoms with E-state index in [0.717, 1.165) is 37.9 Å². The number of aryl methyl sites for hydroxylation is 3. The highest BCUT2D eigenvalue weighted by Crippen LogP contribution is 2.28. The van der Waals surface area contributed by atoms with Gasteiger partial charge in [0.05, 0.1) is 16.6 Å². The van der Waals surface area contributed by atoms with Crippen molar-refractivity contribution in [3.8, 4) is 0 Å². The molecule has 2 heterocycles. The van der Waals surface area contributed by atoms with Gasteiger partial charge in [-0.25, -0.2) is 4.98 Å². The van der Waals surface area contributed by atoms with Gasteiger partial charge >= 0.3 is 0 Å². The SMILES string of the molecule is Cc1cc(C)c2c(CC(=O)Nc3nc4c(C)cccc4s3)noc2c1. The van der Waals surface area contributed by atoms with Crippen LogP contribution in [-0.4, -0.2) is 16.0 Å². The van der Waals surface area contributed by atoms with Gasteiger partial charge in [-0.05, 0) is 49.6 Å². The number of hydrogen-bond donors (Lipinski definition) is 1. The van der Waals surface area contributed by atoms with Crippen LogP contribution in [0.25, 0.3) is 21.2 Å². The first kappa shape index (κ1) is 15.8. The largest absolute Gasteiger partial charge is 0.356 e. The van der Waals surface area contributed by atoms with Crippen molar-refractivity contribution in [2.75, 3.05) is 5.32 Å². The summed E-state index contributed by atoms with van der Waals surface area (Å²) in [5.41, 5.74) is 5.58. The van der Waals surface area contributed by atoms with Crippen LogP contribution in [0, 0.1) is 20.8 Å². The first-order valence-electron chi connectivity index (χ1n) is 8.03. The highest BCUT2D eigenvalue weighted by atomic mass is 32.1. The molecule has 0 unspecified atom stereocenters. The van der Waals surface area contributed by atoms with E-state index in [4.69, 9.17) is 4.52 Å². The highest BCUT2D eigenvalue weighted by molar-refractivity contribution is 7.22. The van der Waals surface area contributed by atoms with Crippen LogP contribution in [0.3, 0.4) is 0 Å². The Bertz CT molecular complexity index is 1110. The van der Waals surface area contributed by atoms with E-state index in [1.54, 1.807) is 0 Å². The first-order chi connectivity index (χ1) is 12.0. The van der Waals surface area contributed by atoms with Crippen LogP contribution in [0.4, 0.5) is 5.13 Å². The number of fused-ring (bicyclic) bond motifs is 2. The summed E-state index contributed by atoms with van der Waals surface area (Å²) >= 11 is 1.47. The molecule has 1 N–H and O–H groups in total. The lowest BCUT2D eigenvalue weighted by atomic mass is 10.0. The molecule has 0 radical (unpaired) electrons. The zero-order valence-electron chi connectivity index (χ0n) is 14.2. The van der Waals surface area contributed by atoms with Crippen molar-refractivity contribution in [3.05, 3.63) is 52.7 Å². The molecular formula is C19H17N3O2S. The molecule has 0 aliphatic carbocycles. The third-order valence-electron chi connectivity index (χ3n) is 4.18. The van der Waals surface area contributed by atoms with Gasteiger partial charge in [0.1, 0.15) is 5.69 Å². The summed E-state index contributed by atoms with van der Waals surface area (Å²) in [6.07, 6.45) is 0.159. The maximum absolute atomic E-state index is 12.4. The molecule has 0 saturated heterocycles. The minimum Gasteiger partial charge on any atom is -0.356 e. The number of carbonyl (C=O) groups is 1. The van der Waals surface area contributed by atoms with Crippen LogP contribution >= 0.6 is 11.3 Å². The molecule has 6 heteroatoms. The van der Waals surface area contributed by atoms with Gasteiger partial charge in [0.2, 0.25) is 5.91 Å². The van der Waals surface area contributed by atoms with Crippen molar-refractivity contribution in [1.82, 2.24) is 10.1 Å². The Labute approximate surface area is 148 Å². The lowest BCUT2D eigenvalue weighted by Crippen LogP contribution is -2.14. The number of nitrogens with one attached hydrogen (secondary N) is 1. The fraction of sp³-hybridized carbons (Fsp3) is 0.211. The summed E-state index contributed by atoms with van der Waals surface area (Å²) in [7, 11) is 0. The van der Waals surface area contributed by atoms with E-state index in [9.17, 15) is 4.79 Å². The van der Waals surface area contributed by atoms with Gasteiger partial charge < -0.3 is 9.84 Å². The summed E-state index contributed by atoms with van der Waals surface area (Å²) in [5, 5.41) is 8.49. The number of nitrogens with zero attached hydrogens (tertiary/aromatic N) is 2. The van der Waals surface area contributed by atoms with E-state index >= 15 is 0 Å². The Morgan fingerprint density at radius 2 is 2.04 bits per heavy atom. The third kappa shape index (κ3) is 2.89. The van der Waals surface area contributed by atoms with E-state index in [1.807, 2.05) is 45.0 Å². The highest BCUT2D eigenvalue weighted by Gasteiger charge is 2.16. The molecule has 5 nitrogen and oxygen atoms in total. The molecule has 2 aromatic heterocycles. The number of hydrogen-bond acceptors (Lipinski definition) is 5. The van der Waals surface area contributed by atoms with Gasteiger partial charge in [-0.15, -0.1) is 0 Å². The maximum Gasteiger partial charge on any atom is 0.232 e. The van der Waals surface area contributed by atoms with Gasteiger partial charge in [0.25, 0.3) is 0 Å². The number of carbonyl (C=O) groups excluding carboxylic acids is 1. The molecule has 4 aromatic rings. The average molecular weight is 351 g/mol. The van der Waals surface area contributed by atoms with Gasteiger partial charge in [0.15, 0.2) is 10.7 Å². The lowest BCUT2D eigenvalue weighted by molar-refractivity contribution is -0.115. The smallest absolute Gasteiger partial charge is 0.232 e. The van der Waals surface area contributed by atoms with Crippen LogP contribution in [0.2, 0.25) is 0 Å². The molecule has 0 saturated carbocycles. The second-order valence-corrected chi connectivity index (χ2v) is 7.28. The third-order valence-corrected chi connectivity index (χ3v) is 5.12. The molecule has 0 aliphatic rings. The molecule has 126 valence electrons. The molecule has 0 aliphatic heterocycles. The van der Waals surface area contributed by atoms with Crippen molar-refractivity contribution in [1.29, 1.82) is 0 Å². The Kier molecular flexibility index (Phi) is 3.77. The molecule has 0 spiro atoms. The molecule has 1 amide bonds. The second kappa shape index (κ2) is 5.97. The van der Waals surface area contributed by atoms with Gasteiger partial charge in [-0.3, -0.25) is 4.79 Å². The summed E-state index contributed by atoms with van der Waals surface area (Å²) in [6.45, 7) is 6.03. The van der Waals surface area contributed by atoms with E-state index in [1.165, 1.54) is 11.3 Å². The molecule has 0 bridgehead atoms. The number of amides is 1. The minimum atomic E-state index is -0.146.